The minimum absolute atomic E-state index is 0.0871. The summed E-state index contributed by atoms with van der Waals surface area (Å²) in [5.41, 5.74) is 0. The van der Waals surface area contributed by atoms with Crippen LogP contribution in [0.25, 0.3) is 0 Å². The average molecular weight is 1060 g/mol. The first kappa shape index (κ1) is 70.9. The minimum Gasteiger partial charge on any atom is -0.462 e. The van der Waals surface area contributed by atoms with E-state index in [4.69, 9.17) is 23.3 Å². The Hall–Kier alpha value is -3.08. The number of ether oxygens (including phenoxy) is 3. The van der Waals surface area contributed by atoms with Crippen molar-refractivity contribution in [3.63, 3.8) is 0 Å². The summed E-state index contributed by atoms with van der Waals surface area (Å²) in [5.74, 6) is -1.54. The number of unbranched alkanes of at least 4 members (excludes halogenated alkanes) is 26. The quantitative estimate of drug-likeness (QED) is 0.0197. The van der Waals surface area contributed by atoms with Gasteiger partial charge in [0.05, 0.1) is 19.8 Å². The maximum Gasteiger partial charge on any atom is 0.472 e. The van der Waals surface area contributed by atoms with Crippen LogP contribution in [0.5, 0.6) is 0 Å². The lowest BCUT2D eigenvalue weighted by atomic mass is 10.0. The molecule has 0 radical (unpaired) electrons. The zero-order valence-electron chi connectivity index (χ0n) is 47.3. The van der Waals surface area contributed by atoms with Crippen molar-refractivity contribution in [2.75, 3.05) is 26.4 Å². The largest absolute Gasteiger partial charge is 0.472 e. The van der Waals surface area contributed by atoms with Crippen molar-refractivity contribution in [3.05, 3.63) is 72.9 Å². The van der Waals surface area contributed by atoms with Crippen LogP contribution in [0, 0.1) is 0 Å². The standard InChI is InChI=1S/C62H109O11P/c1-4-7-10-13-16-19-22-25-27-29-31-34-37-40-43-46-49-52-61(65)72-58(54-63)56-70-74(67,68)71-57-59(55-69-60(64)51-48-45-42-39-36-33-24-21-18-15-12-9-6-3)73-62(66)53-50-47-44-41-38-35-32-30-28-26-23-20-17-14-11-8-5-2/h8,11,17,20-21,24,26,28,32,35,41,44,58-59,63H,4-7,9-10,12-16,18-19,22-23,25,27,29-31,33-34,36-40,42-43,45-57H2,1-3H3,(H,67,68)/b11-8-,20-17-,24-21-,28-26-,35-32-,44-41-. The molecule has 12 heteroatoms. The zero-order valence-corrected chi connectivity index (χ0v) is 48.2. The Morgan fingerprint density at radius 1 is 0.392 bits per heavy atom. The Labute approximate surface area is 452 Å². The fourth-order valence-corrected chi connectivity index (χ4v) is 8.88. The van der Waals surface area contributed by atoms with Gasteiger partial charge >= 0.3 is 25.7 Å². The molecule has 3 unspecified atom stereocenters. The number of carbonyl (C=O) groups excluding carboxylic acids is 3. The molecular formula is C62H109O11P. The van der Waals surface area contributed by atoms with Crippen LogP contribution in [0.4, 0.5) is 0 Å². The van der Waals surface area contributed by atoms with Gasteiger partial charge in [-0.25, -0.2) is 4.57 Å². The molecule has 0 saturated carbocycles. The fraction of sp³-hybridized carbons (Fsp3) is 0.758. The van der Waals surface area contributed by atoms with Crippen LogP contribution in [0.3, 0.4) is 0 Å². The number of aliphatic hydroxyl groups is 1. The van der Waals surface area contributed by atoms with Crippen molar-refractivity contribution in [2.24, 2.45) is 0 Å². The molecule has 2 N–H and O–H groups in total. The van der Waals surface area contributed by atoms with Crippen LogP contribution >= 0.6 is 7.82 Å². The molecule has 11 nitrogen and oxygen atoms in total. The molecule has 74 heavy (non-hydrogen) atoms. The van der Waals surface area contributed by atoms with Gasteiger partial charge in [0.15, 0.2) is 6.10 Å². The lowest BCUT2D eigenvalue weighted by Gasteiger charge is -2.21. The minimum atomic E-state index is -4.76. The van der Waals surface area contributed by atoms with Gasteiger partial charge in [-0.1, -0.05) is 235 Å². The molecule has 0 spiro atoms. The molecule has 0 aliphatic heterocycles. The second-order valence-corrected chi connectivity index (χ2v) is 21.2. The van der Waals surface area contributed by atoms with Gasteiger partial charge in [-0.05, 0) is 83.5 Å². The third-order valence-electron chi connectivity index (χ3n) is 12.6. The van der Waals surface area contributed by atoms with Crippen molar-refractivity contribution < 1.29 is 52.2 Å². The molecular weight excluding hydrogens is 952 g/mol. The second kappa shape index (κ2) is 56.1. The van der Waals surface area contributed by atoms with Crippen LogP contribution in [0.1, 0.15) is 265 Å². The Kier molecular flexibility index (Phi) is 53.8. The summed E-state index contributed by atoms with van der Waals surface area (Å²) in [4.78, 5) is 48.5. The average Bonchev–Trinajstić information content (AvgIpc) is 3.39. The summed E-state index contributed by atoms with van der Waals surface area (Å²) in [6, 6.07) is 0. The summed E-state index contributed by atoms with van der Waals surface area (Å²) in [6.45, 7) is 4.47. The van der Waals surface area contributed by atoms with Gasteiger partial charge in [0.1, 0.15) is 12.7 Å². The third kappa shape index (κ3) is 53.7. The Bertz CT molecular complexity index is 1520. The predicted octanol–water partition coefficient (Wildman–Crippen LogP) is 17.7. The summed E-state index contributed by atoms with van der Waals surface area (Å²) in [6.07, 6.45) is 63.0. The molecule has 0 bridgehead atoms. The first-order valence-electron chi connectivity index (χ1n) is 29.8. The van der Waals surface area contributed by atoms with E-state index in [1.807, 2.05) is 12.2 Å². The van der Waals surface area contributed by atoms with E-state index in [1.165, 1.54) is 109 Å². The SMILES string of the molecule is CC/C=C\C/C=C\C/C=C\C/C=C\C/C=C\CCCC(=O)OC(COC(=O)CCCCCCC/C=C\CCCCCC)COP(=O)(O)OCC(CO)OC(=O)CCCCCCCCCCCCCCCCCCC. The van der Waals surface area contributed by atoms with Crippen LogP contribution in [-0.2, 0) is 42.2 Å². The van der Waals surface area contributed by atoms with Crippen LogP contribution in [0.2, 0.25) is 0 Å². The summed E-state index contributed by atoms with van der Waals surface area (Å²) in [5, 5.41) is 9.83. The molecule has 0 heterocycles. The Morgan fingerprint density at radius 2 is 0.716 bits per heavy atom. The maximum absolute atomic E-state index is 12.9. The van der Waals surface area contributed by atoms with Crippen molar-refractivity contribution in [1.82, 2.24) is 0 Å². The predicted molar refractivity (Wildman–Crippen MR) is 307 cm³/mol. The highest BCUT2D eigenvalue weighted by Crippen LogP contribution is 2.43. The number of hydrogen-bond acceptors (Lipinski definition) is 10. The molecule has 0 fully saturated rings. The van der Waals surface area contributed by atoms with E-state index in [1.54, 1.807) is 0 Å². The van der Waals surface area contributed by atoms with E-state index in [0.717, 1.165) is 89.9 Å². The number of phosphoric ester groups is 1. The first-order chi connectivity index (χ1) is 36.2. The van der Waals surface area contributed by atoms with Gasteiger partial charge in [0, 0.05) is 19.3 Å². The molecule has 428 valence electrons. The van der Waals surface area contributed by atoms with Gasteiger partial charge in [-0.3, -0.25) is 23.4 Å². The molecule has 0 saturated heterocycles. The van der Waals surface area contributed by atoms with Gasteiger partial charge in [0.25, 0.3) is 0 Å². The molecule has 0 aromatic rings. The van der Waals surface area contributed by atoms with Crippen molar-refractivity contribution in [3.8, 4) is 0 Å². The summed E-state index contributed by atoms with van der Waals surface area (Å²) < 4.78 is 39.5. The van der Waals surface area contributed by atoms with E-state index < -0.39 is 57.8 Å². The Morgan fingerprint density at radius 3 is 1.16 bits per heavy atom. The molecule has 0 aliphatic rings. The summed E-state index contributed by atoms with van der Waals surface area (Å²) in [7, 11) is -4.76. The van der Waals surface area contributed by atoms with Crippen molar-refractivity contribution >= 4 is 25.7 Å². The third-order valence-corrected chi connectivity index (χ3v) is 13.6. The number of phosphoric acid groups is 1. The maximum atomic E-state index is 12.9. The molecule has 0 amide bonds. The van der Waals surface area contributed by atoms with Gasteiger partial charge < -0.3 is 24.2 Å². The number of hydrogen-bond donors (Lipinski definition) is 2. The number of allylic oxidation sites excluding steroid dienone is 12. The van der Waals surface area contributed by atoms with Gasteiger partial charge in [-0.2, -0.15) is 0 Å². The molecule has 0 aromatic heterocycles. The molecule has 0 aliphatic carbocycles. The number of carbonyl (C=O) groups is 3. The molecule has 3 atom stereocenters. The van der Waals surface area contributed by atoms with E-state index in [-0.39, 0.29) is 25.9 Å². The van der Waals surface area contributed by atoms with Crippen LogP contribution in [-0.4, -0.2) is 66.5 Å². The highest BCUT2D eigenvalue weighted by atomic mass is 31.2. The summed E-state index contributed by atoms with van der Waals surface area (Å²) >= 11 is 0. The lowest BCUT2D eigenvalue weighted by molar-refractivity contribution is -0.161. The highest BCUT2D eigenvalue weighted by Gasteiger charge is 2.28. The Balaban J connectivity index is 4.75. The highest BCUT2D eigenvalue weighted by molar-refractivity contribution is 7.47. The topological polar surface area (TPSA) is 155 Å². The molecule has 0 aromatic carbocycles. The number of esters is 3. The smallest absolute Gasteiger partial charge is 0.462 e. The normalized spacial score (nSPS) is 13.9. The number of rotatable bonds is 55. The van der Waals surface area contributed by atoms with E-state index in [9.17, 15) is 28.9 Å². The lowest BCUT2D eigenvalue weighted by Crippen LogP contribution is -2.30. The van der Waals surface area contributed by atoms with Crippen LogP contribution < -0.4 is 0 Å². The van der Waals surface area contributed by atoms with Crippen molar-refractivity contribution in [2.45, 2.75) is 277 Å². The van der Waals surface area contributed by atoms with Gasteiger partial charge in [-0.15, -0.1) is 0 Å². The van der Waals surface area contributed by atoms with E-state index >= 15 is 0 Å². The van der Waals surface area contributed by atoms with Crippen molar-refractivity contribution in [1.29, 1.82) is 0 Å². The fourth-order valence-electron chi connectivity index (χ4n) is 8.09. The van der Waals surface area contributed by atoms with E-state index in [0.29, 0.717) is 25.7 Å². The zero-order chi connectivity index (χ0) is 54.1. The van der Waals surface area contributed by atoms with Gasteiger partial charge in [0.2, 0.25) is 0 Å². The first-order valence-corrected chi connectivity index (χ1v) is 31.3. The monoisotopic (exact) mass is 1060 g/mol. The molecule has 0 rings (SSSR count). The van der Waals surface area contributed by atoms with Crippen LogP contribution in [0.15, 0.2) is 72.9 Å². The van der Waals surface area contributed by atoms with E-state index in [2.05, 4.69) is 81.5 Å². The second-order valence-electron chi connectivity index (χ2n) is 19.8. The number of aliphatic hydroxyl groups excluding tert-OH is 1.